The molecule has 1 aliphatic rings. The molecule has 2 atom stereocenters. The maximum atomic E-state index is 12.0. The predicted molar refractivity (Wildman–Crippen MR) is 79.9 cm³/mol. The van der Waals surface area contributed by atoms with E-state index in [1.54, 1.807) is 30.3 Å². The second kappa shape index (κ2) is 8.07. The molecule has 8 heteroatoms. The van der Waals surface area contributed by atoms with Crippen LogP contribution in [0.25, 0.3) is 5.53 Å². The average Bonchev–Trinajstić information content (AvgIpc) is 2.54. The highest BCUT2D eigenvalue weighted by molar-refractivity contribution is 7.97. The van der Waals surface area contributed by atoms with Crippen LogP contribution in [0.15, 0.2) is 30.3 Å². The molecule has 114 valence electrons. The van der Waals surface area contributed by atoms with Gasteiger partial charge >= 0.3 is 16.3 Å². The Morgan fingerprint density at radius 1 is 1.14 bits per heavy atom. The quantitative estimate of drug-likeness (QED) is 0.367. The third-order valence-electron chi connectivity index (χ3n) is 3.12. The first-order valence-electron chi connectivity index (χ1n) is 6.67. The van der Waals surface area contributed by atoms with E-state index in [0.29, 0.717) is 5.75 Å². The zero-order valence-corrected chi connectivity index (χ0v) is 13.0. The van der Waals surface area contributed by atoms with Gasteiger partial charge in [0.2, 0.25) is 11.1 Å². The van der Waals surface area contributed by atoms with Gasteiger partial charge in [-0.1, -0.05) is 37.5 Å². The van der Waals surface area contributed by atoms with E-state index in [2.05, 4.69) is 4.79 Å². The molecule has 0 aliphatic heterocycles. The van der Waals surface area contributed by atoms with Gasteiger partial charge in [0.25, 0.3) is 0 Å². The monoisotopic (exact) mass is 328 g/mol. The number of para-hydroxylation sites is 1. The van der Waals surface area contributed by atoms with E-state index in [1.165, 1.54) is 0 Å². The van der Waals surface area contributed by atoms with E-state index in [1.807, 2.05) is 0 Å². The van der Waals surface area contributed by atoms with Crippen molar-refractivity contribution in [3.8, 4) is 5.75 Å². The van der Waals surface area contributed by atoms with Crippen molar-refractivity contribution in [2.75, 3.05) is 0 Å². The standard InChI is InChI=1S/C13H16N2O4S2/c14-15-13(19-20(16)12-9-5-2-6-10-12)21(17)18-11-7-3-1-4-8-11/h1,3-4,7-8,12H,2,5-6,9-10H2. The Morgan fingerprint density at radius 3 is 2.43 bits per heavy atom. The normalized spacial score (nSPS) is 18.3. The fourth-order valence-corrected chi connectivity index (χ4v) is 3.95. The molecule has 0 saturated heterocycles. The van der Waals surface area contributed by atoms with E-state index < -0.39 is 27.4 Å². The minimum atomic E-state index is -2.15. The van der Waals surface area contributed by atoms with E-state index >= 15 is 0 Å². The summed E-state index contributed by atoms with van der Waals surface area (Å²) in [6.07, 6.45) is 4.69. The summed E-state index contributed by atoms with van der Waals surface area (Å²) >= 11 is -3.83. The molecule has 0 spiro atoms. The highest BCUT2D eigenvalue weighted by atomic mass is 32.2. The molecule has 0 radical (unpaired) electrons. The first-order valence-corrected chi connectivity index (χ1v) is 8.88. The van der Waals surface area contributed by atoms with Gasteiger partial charge in [0.15, 0.2) is 0 Å². The van der Waals surface area contributed by atoms with Crippen molar-refractivity contribution in [1.29, 1.82) is 0 Å². The Morgan fingerprint density at radius 2 is 1.81 bits per heavy atom. The summed E-state index contributed by atoms with van der Waals surface area (Å²) < 4.78 is 34.0. The molecule has 1 saturated carbocycles. The smallest absolute Gasteiger partial charge is 0.390 e. The molecule has 21 heavy (non-hydrogen) atoms. The number of benzene rings is 1. The second-order valence-electron chi connectivity index (χ2n) is 4.60. The van der Waals surface area contributed by atoms with Crippen molar-refractivity contribution in [3.05, 3.63) is 35.9 Å². The van der Waals surface area contributed by atoms with Crippen LogP contribution in [-0.2, 0) is 26.3 Å². The second-order valence-corrected chi connectivity index (χ2v) is 6.94. The van der Waals surface area contributed by atoms with Crippen LogP contribution in [0.1, 0.15) is 32.1 Å². The lowest BCUT2D eigenvalue weighted by atomic mass is 10.0. The van der Waals surface area contributed by atoms with Crippen LogP contribution in [0.5, 0.6) is 5.75 Å². The highest BCUT2D eigenvalue weighted by Crippen LogP contribution is 2.23. The van der Waals surface area contributed by atoms with Gasteiger partial charge < -0.3 is 13.9 Å². The van der Waals surface area contributed by atoms with Crippen LogP contribution in [0.2, 0.25) is 0 Å². The van der Waals surface area contributed by atoms with Crippen molar-refractivity contribution in [3.63, 3.8) is 0 Å². The van der Waals surface area contributed by atoms with Gasteiger partial charge in [-0.25, -0.2) is 4.21 Å². The Bertz CT molecular complexity index is 567. The third kappa shape index (κ3) is 4.77. The molecule has 2 rings (SSSR count). The van der Waals surface area contributed by atoms with Crippen LogP contribution >= 0.6 is 0 Å². The van der Waals surface area contributed by atoms with Gasteiger partial charge in [0, 0.05) is 0 Å². The van der Waals surface area contributed by atoms with Gasteiger partial charge in [-0.2, -0.15) is 4.21 Å². The fourth-order valence-electron chi connectivity index (χ4n) is 2.07. The van der Waals surface area contributed by atoms with Crippen molar-refractivity contribution in [2.45, 2.75) is 37.4 Å². The van der Waals surface area contributed by atoms with Crippen LogP contribution in [-0.4, -0.2) is 23.7 Å². The molecule has 2 unspecified atom stereocenters. The molecule has 0 bridgehead atoms. The van der Waals surface area contributed by atoms with Crippen LogP contribution < -0.4 is 4.18 Å². The number of hydrogen-bond donors (Lipinski definition) is 0. The first-order chi connectivity index (χ1) is 10.2. The van der Waals surface area contributed by atoms with Gasteiger partial charge in [-0.15, -0.1) is 4.79 Å². The third-order valence-corrected chi connectivity index (χ3v) is 5.35. The van der Waals surface area contributed by atoms with E-state index in [-0.39, 0.29) is 5.25 Å². The largest absolute Gasteiger partial charge is 0.596 e. The van der Waals surface area contributed by atoms with Crippen LogP contribution in [0.3, 0.4) is 0 Å². The van der Waals surface area contributed by atoms with E-state index in [9.17, 15) is 8.42 Å². The van der Waals surface area contributed by atoms with E-state index in [0.717, 1.165) is 32.1 Å². The maximum Gasteiger partial charge on any atom is 0.596 e. The number of rotatable bonds is 4. The van der Waals surface area contributed by atoms with Crippen molar-refractivity contribution >= 4 is 27.4 Å². The van der Waals surface area contributed by atoms with Gasteiger partial charge in [-0.05, 0) is 25.0 Å². The molecule has 1 aromatic rings. The average molecular weight is 328 g/mol. The lowest BCUT2D eigenvalue weighted by Gasteiger charge is -2.18. The highest BCUT2D eigenvalue weighted by Gasteiger charge is 2.31. The molecule has 0 N–H and O–H groups in total. The Labute approximate surface area is 128 Å². The summed E-state index contributed by atoms with van der Waals surface area (Å²) in [5, 5.41) is -0.702. The van der Waals surface area contributed by atoms with Crippen molar-refractivity contribution in [1.82, 2.24) is 0 Å². The molecule has 1 aromatic carbocycles. The summed E-state index contributed by atoms with van der Waals surface area (Å²) in [7, 11) is 0. The Kier molecular flexibility index (Phi) is 6.10. The number of hydrogen-bond acceptors (Lipinski definition) is 4. The zero-order chi connectivity index (χ0) is 15.1. The van der Waals surface area contributed by atoms with Crippen molar-refractivity contribution < 1.29 is 21.6 Å². The molecule has 0 heterocycles. The van der Waals surface area contributed by atoms with E-state index in [4.69, 9.17) is 13.9 Å². The lowest BCUT2D eigenvalue weighted by Crippen LogP contribution is -2.26. The minimum absolute atomic E-state index is 0.121. The van der Waals surface area contributed by atoms with Gasteiger partial charge in [0.1, 0.15) is 5.75 Å². The molecular weight excluding hydrogens is 312 g/mol. The molecule has 6 nitrogen and oxygen atoms in total. The summed E-state index contributed by atoms with van der Waals surface area (Å²) in [5.41, 5.74) is 8.88. The topological polar surface area (TPSA) is 89.0 Å². The predicted octanol–water partition coefficient (Wildman–Crippen LogP) is 2.33. The number of nitrogens with zero attached hydrogens (tertiary/aromatic N) is 2. The molecular formula is C13H16N2O4S2. The summed E-state index contributed by atoms with van der Waals surface area (Å²) in [6, 6.07) is 8.41. The zero-order valence-electron chi connectivity index (χ0n) is 11.3. The minimum Gasteiger partial charge on any atom is -0.390 e. The summed E-state index contributed by atoms with van der Waals surface area (Å²) in [4.78, 5) is 2.80. The summed E-state index contributed by atoms with van der Waals surface area (Å²) in [5.74, 6) is 0.337. The first kappa shape index (κ1) is 15.9. The maximum absolute atomic E-state index is 12.0. The van der Waals surface area contributed by atoms with Crippen LogP contribution in [0.4, 0.5) is 0 Å². The Hall–Kier alpha value is -1.50. The molecule has 0 amide bonds. The summed E-state index contributed by atoms with van der Waals surface area (Å²) in [6.45, 7) is 0. The van der Waals surface area contributed by atoms with Crippen molar-refractivity contribution in [2.24, 2.45) is 0 Å². The molecule has 1 aliphatic carbocycles. The molecule has 1 fully saturated rings. The SMILES string of the molecule is [N-]=[N+]=C(OS(=O)C1CCCCC1)S(=O)Oc1ccccc1. The molecule has 0 aromatic heterocycles. The lowest BCUT2D eigenvalue weighted by molar-refractivity contribution is -0.0192. The Balaban J connectivity index is 1.95. The van der Waals surface area contributed by atoms with Crippen LogP contribution in [0, 0.1) is 0 Å². The fraction of sp³-hybridized carbons (Fsp3) is 0.462. The van der Waals surface area contributed by atoms with Gasteiger partial charge in [0.05, 0.1) is 5.25 Å². The van der Waals surface area contributed by atoms with Gasteiger partial charge in [-0.3, -0.25) is 0 Å².